The van der Waals surface area contributed by atoms with Crippen LogP contribution in [-0.2, 0) is 19.6 Å². The fourth-order valence-corrected chi connectivity index (χ4v) is 3.01. The summed E-state index contributed by atoms with van der Waals surface area (Å²) in [6, 6.07) is 7.81. The summed E-state index contributed by atoms with van der Waals surface area (Å²) in [5.41, 5.74) is 5.94. The largest absolute Gasteiger partial charge is 0.449 e. The number of rotatable bonds is 5. The van der Waals surface area contributed by atoms with Gasteiger partial charge in [-0.25, -0.2) is 18.4 Å². The lowest BCUT2D eigenvalue weighted by molar-refractivity contribution is -0.123. The van der Waals surface area contributed by atoms with Gasteiger partial charge in [0.2, 0.25) is 10.0 Å². The number of hydrogen-bond acceptors (Lipinski definition) is 6. The fraction of sp³-hybridized carbons (Fsp3) is 0.125. The van der Waals surface area contributed by atoms with E-state index in [0.717, 1.165) is 0 Å². The van der Waals surface area contributed by atoms with Crippen LogP contribution in [-0.4, -0.2) is 26.4 Å². The van der Waals surface area contributed by atoms with E-state index in [1.54, 1.807) is 0 Å². The Hall–Kier alpha value is -2.33. The van der Waals surface area contributed by atoms with Crippen molar-refractivity contribution in [3.8, 4) is 0 Å². The summed E-state index contributed by atoms with van der Waals surface area (Å²) < 4.78 is 27.5. The van der Waals surface area contributed by atoms with Crippen molar-refractivity contribution < 1.29 is 22.7 Å². The second-order valence-electron chi connectivity index (χ2n) is 5.46. The lowest BCUT2D eigenvalue weighted by Crippen LogP contribution is -2.30. The number of amides is 1. The molecular formula is C16H15Cl2N3O5S. The molecule has 1 atom stereocenters. The number of hydrogen-bond donors (Lipinski definition) is 3. The molecule has 27 heavy (non-hydrogen) atoms. The molecule has 11 heteroatoms. The Morgan fingerprint density at radius 2 is 1.74 bits per heavy atom. The highest BCUT2D eigenvalue weighted by Crippen LogP contribution is 2.28. The summed E-state index contributed by atoms with van der Waals surface area (Å²) in [5, 5.41) is 7.75. The first-order chi connectivity index (χ1) is 12.5. The van der Waals surface area contributed by atoms with Crippen LogP contribution in [0.5, 0.6) is 0 Å². The Bertz CT molecular complexity index is 994. The van der Waals surface area contributed by atoms with Gasteiger partial charge in [0.1, 0.15) is 0 Å². The van der Waals surface area contributed by atoms with Crippen LogP contribution in [0.4, 0.5) is 11.4 Å². The number of carbonyl (C=O) groups is 2. The highest BCUT2D eigenvalue weighted by Gasteiger charge is 2.22. The number of primary sulfonamides is 1. The van der Waals surface area contributed by atoms with Crippen molar-refractivity contribution in [3.05, 3.63) is 52.0 Å². The summed E-state index contributed by atoms with van der Waals surface area (Å²) in [7, 11) is -3.84. The molecule has 0 aromatic heterocycles. The monoisotopic (exact) mass is 431 g/mol. The zero-order valence-electron chi connectivity index (χ0n) is 13.9. The van der Waals surface area contributed by atoms with Crippen LogP contribution in [0, 0.1) is 0 Å². The predicted molar refractivity (Wildman–Crippen MR) is 102 cm³/mol. The number of anilines is 2. The number of halogens is 2. The van der Waals surface area contributed by atoms with Gasteiger partial charge in [0.05, 0.1) is 21.2 Å². The van der Waals surface area contributed by atoms with Gasteiger partial charge in [0.25, 0.3) is 5.91 Å². The molecule has 0 radical (unpaired) electrons. The lowest BCUT2D eigenvalue weighted by atomic mass is 10.2. The minimum Gasteiger partial charge on any atom is -0.449 e. The summed E-state index contributed by atoms with van der Waals surface area (Å²) >= 11 is 11.7. The van der Waals surface area contributed by atoms with Gasteiger partial charge in [-0.1, -0.05) is 23.2 Å². The van der Waals surface area contributed by atoms with Crippen molar-refractivity contribution in [2.24, 2.45) is 5.14 Å². The minimum atomic E-state index is -3.84. The number of nitrogen functional groups attached to an aromatic ring is 1. The summed E-state index contributed by atoms with van der Waals surface area (Å²) in [6.07, 6.45) is -1.17. The molecule has 1 amide bonds. The van der Waals surface area contributed by atoms with Crippen molar-refractivity contribution in [2.75, 3.05) is 11.1 Å². The molecule has 0 aliphatic heterocycles. The second-order valence-corrected chi connectivity index (χ2v) is 7.86. The zero-order chi connectivity index (χ0) is 20.4. The number of esters is 1. The van der Waals surface area contributed by atoms with Crippen LogP contribution in [0.1, 0.15) is 17.3 Å². The molecule has 2 aromatic carbocycles. The third-order valence-electron chi connectivity index (χ3n) is 3.42. The fourth-order valence-electron chi connectivity index (χ4n) is 2.00. The first-order valence-corrected chi connectivity index (χ1v) is 9.68. The van der Waals surface area contributed by atoms with E-state index in [2.05, 4.69) is 5.32 Å². The molecule has 0 unspecified atom stereocenters. The van der Waals surface area contributed by atoms with E-state index in [1.165, 1.54) is 43.3 Å². The number of nitrogens with one attached hydrogen (secondary N) is 1. The first-order valence-electron chi connectivity index (χ1n) is 7.38. The van der Waals surface area contributed by atoms with Gasteiger partial charge in [-0.15, -0.1) is 0 Å². The number of nitrogens with two attached hydrogens (primary N) is 2. The average molecular weight is 432 g/mol. The molecule has 0 saturated heterocycles. The van der Waals surface area contributed by atoms with Gasteiger partial charge in [-0.3, -0.25) is 4.79 Å². The molecule has 2 rings (SSSR count). The van der Waals surface area contributed by atoms with E-state index < -0.39 is 28.0 Å². The molecule has 2 aromatic rings. The standard InChI is InChI=1S/C16H15Cl2N3O5S/c1-8(26-16(23)12-6-9(17)7-13(18)14(12)19)15(22)21-10-2-4-11(5-3-10)27(20,24)25/h2-8H,19H2,1H3,(H,21,22)(H2,20,24,25)/t8-/m1/s1. The van der Waals surface area contributed by atoms with E-state index in [-0.39, 0.29) is 26.2 Å². The van der Waals surface area contributed by atoms with Crippen molar-refractivity contribution >= 4 is 56.5 Å². The lowest BCUT2D eigenvalue weighted by Gasteiger charge is -2.15. The zero-order valence-corrected chi connectivity index (χ0v) is 16.2. The van der Waals surface area contributed by atoms with Gasteiger partial charge in [-0.05, 0) is 43.3 Å². The van der Waals surface area contributed by atoms with E-state index in [9.17, 15) is 18.0 Å². The first kappa shape index (κ1) is 21.0. The van der Waals surface area contributed by atoms with Gasteiger partial charge >= 0.3 is 5.97 Å². The van der Waals surface area contributed by atoms with Crippen LogP contribution in [0.2, 0.25) is 10.0 Å². The quantitative estimate of drug-likeness (QED) is 0.489. The van der Waals surface area contributed by atoms with E-state index in [1.807, 2.05) is 0 Å². The van der Waals surface area contributed by atoms with Crippen LogP contribution in [0.25, 0.3) is 0 Å². The van der Waals surface area contributed by atoms with Crippen molar-refractivity contribution in [1.82, 2.24) is 0 Å². The Labute approximate surface area is 165 Å². The SMILES string of the molecule is C[C@@H](OC(=O)c1cc(Cl)cc(Cl)c1N)C(=O)Nc1ccc(S(N)(=O)=O)cc1. The molecule has 0 spiro atoms. The van der Waals surface area contributed by atoms with Crippen LogP contribution in [0.3, 0.4) is 0 Å². The van der Waals surface area contributed by atoms with Gasteiger partial charge in [0.15, 0.2) is 6.10 Å². The van der Waals surface area contributed by atoms with E-state index in [0.29, 0.717) is 5.69 Å². The Balaban J connectivity index is 2.06. The molecule has 8 nitrogen and oxygen atoms in total. The maximum Gasteiger partial charge on any atom is 0.341 e. The minimum absolute atomic E-state index is 0.0164. The van der Waals surface area contributed by atoms with Crippen LogP contribution < -0.4 is 16.2 Å². The molecule has 0 bridgehead atoms. The average Bonchev–Trinajstić information content (AvgIpc) is 2.57. The van der Waals surface area contributed by atoms with Gasteiger partial charge in [0, 0.05) is 10.7 Å². The van der Waals surface area contributed by atoms with E-state index >= 15 is 0 Å². The summed E-state index contributed by atoms with van der Waals surface area (Å²) in [6.45, 7) is 1.36. The normalized spacial score (nSPS) is 12.3. The molecule has 0 saturated carbocycles. The van der Waals surface area contributed by atoms with Crippen molar-refractivity contribution in [1.29, 1.82) is 0 Å². The van der Waals surface area contributed by atoms with Crippen molar-refractivity contribution in [2.45, 2.75) is 17.9 Å². The molecule has 0 heterocycles. The van der Waals surface area contributed by atoms with E-state index in [4.69, 9.17) is 38.8 Å². The third-order valence-corrected chi connectivity index (χ3v) is 4.88. The maximum atomic E-state index is 12.2. The molecule has 0 fully saturated rings. The third kappa shape index (κ3) is 5.33. The maximum absolute atomic E-state index is 12.2. The predicted octanol–water partition coefficient (Wildman–Crippen LogP) is 2.41. The molecule has 5 N–H and O–H groups in total. The molecule has 0 aliphatic rings. The highest BCUT2D eigenvalue weighted by atomic mass is 35.5. The Morgan fingerprint density at radius 1 is 1.15 bits per heavy atom. The number of carbonyl (C=O) groups excluding carboxylic acids is 2. The highest BCUT2D eigenvalue weighted by molar-refractivity contribution is 7.89. The van der Waals surface area contributed by atoms with Crippen molar-refractivity contribution in [3.63, 3.8) is 0 Å². The topological polar surface area (TPSA) is 142 Å². The van der Waals surface area contributed by atoms with Gasteiger partial charge < -0.3 is 15.8 Å². The molecule has 0 aliphatic carbocycles. The smallest absolute Gasteiger partial charge is 0.341 e. The number of sulfonamides is 1. The number of benzene rings is 2. The second kappa shape index (κ2) is 8.13. The Morgan fingerprint density at radius 3 is 2.30 bits per heavy atom. The molecule has 144 valence electrons. The number of ether oxygens (including phenoxy) is 1. The summed E-state index contributed by atoms with van der Waals surface area (Å²) in [5.74, 6) is -1.51. The Kier molecular flexibility index (Phi) is 6.32. The van der Waals surface area contributed by atoms with Gasteiger partial charge in [-0.2, -0.15) is 0 Å². The summed E-state index contributed by atoms with van der Waals surface area (Å²) in [4.78, 5) is 24.3. The molecular weight excluding hydrogens is 417 g/mol. The van der Waals surface area contributed by atoms with Crippen LogP contribution in [0.15, 0.2) is 41.3 Å². The van der Waals surface area contributed by atoms with Crippen LogP contribution >= 0.6 is 23.2 Å².